The normalized spacial score (nSPS) is 10.6. The Labute approximate surface area is 108 Å². The lowest BCUT2D eigenvalue weighted by Crippen LogP contribution is -2.14. The molecule has 2 rings (SSSR count). The van der Waals surface area contributed by atoms with Crippen molar-refractivity contribution in [3.8, 4) is 0 Å². The molecule has 0 aliphatic carbocycles. The van der Waals surface area contributed by atoms with Crippen LogP contribution in [0.15, 0.2) is 30.6 Å². The van der Waals surface area contributed by atoms with Crippen molar-refractivity contribution in [1.82, 2.24) is 20.3 Å². The first-order valence-corrected chi connectivity index (χ1v) is 6.21. The fraction of sp³-hybridized carbons (Fsp3) is 0.357. The zero-order chi connectivity index (χ0) is 12.8. The first-order chi connectivity index (χ1) is 8.78. The first-order valence-electron chi connectivity index (χ1n) is 6.21. The van der Waals surface area contributed by atoms with Gasteiger partial charge in [0.1, 0.15) is 5.82 Å². The van der Waals surface area contributed by atoms with Crippen molar-refractivity contribution in [1.29, 1.82) is 0 Å². The van der Waals surface area contributed by atoms with E-state index in [0.717, 1.165) is 42.3 Å². The highest BCUT2D eigenvalue weighted by Gasteiger charge is 2.03. The monoisotopic (exact) mass is 242 g/mol. The highest BCUT2D eigenvalue weighted by Crippen LogP contribution is 2.06. The van der Waals surface area contributed by atoms with Crippen LogP contribution in [0.25, 0.3) is 0 Å². The van der Waals surface area contributed by atoms with Crippen LogP contribution in [0.4, 0.5) is 0 Å². The summed E-state index contributed by atoms with van der Waals surface area (Å²) in [6.45, 7) is 5.83. The van der Waals surface area contributed by atoms with E-state index in [2.05, 4.69) is 27.2 Å². The summed E-state index contributed by atoms with van der Waals surface area (Å²) in [5.74, 6) is 0.857. The fourth-order valence-corrected chi connectivity index (χ4v) is 1.81. The van der Waals surface area contributed by atoms with E-state index < -0.39 is 0 Å². The summed E-state index contributed by atoms with van der Waals surface area (Å²) >= 11 is 0. The molecule has 0 bridgehead atoms. The van der Waals surface area contributed by atoms with Crippen molar-refractivity contribution in [2.75, 3.05) is 6.54 Å². The lowest BCUT2D eigenvalue weighted by Gasteiger charge is -2.06. The second-order valence-electron chi connectivity index (χ2n) is 4.24. The van der Waals surface area contributed by atoms with E-state index in [0.29, 0.717) is 0 Å². The average molecular weight is 242 g/mol. The molecular formula is C14H18N4. The van der Waals surface area contributed by atoms with Gasteiger partial charge >= 0.3 is 0 Å². The van der Waals surface area contributed by atoms with Crippen LogP contribution in [-0.4, -0.2) is 21.5 Å². The summed E-state index contributed by atoms with van der Waals surface area (Å²) in [5.41, 5.74) is 3.19. The SMILES string of the molecule is CCNCc1cc(C)nc(Cc2cccnc2)n1. The second kappa shape index (κ2) is 6.21. The van der Waals surface area contributed by atoms with Gasteiger partial charge in [-0.3, -0.25) is 4.98 Å². The predicted octanol–water partition coefficient (Wildman–Crippen LogP) is 1.88. The van der Waals surface area contributed by atoms with Gasteiger partial charge in [-0.2, -0.15) is 0 Å². The molecule has 4 heteroatoms. The van der Waals surface area contributed by atoms with Gasteiger partial charge in [-0.15, -0.1) is 0 Å². The molecule has 0 aliphatic heterocycles. The lowest BCUT2D eigenvalue weighted by molar-refractivity contribution is 0.700. The number of hydrogen-bond donors (Lipinski definition) is 1. The van der Waals surface area contributed by atoms with Gasteiger partial charge in [0.25, 0.3) is 0 Å². The summed E-state index contributed by atoms with van der Waals surface area (Å²) in [7, 11) is 0. The molecule has 2 heterocycles. The Morgan fingerprint density at radius 3 is 2.89 bits per heavy atom. The quantitative estimate of drug-likeness (QED) is 0.869. The van der Waals surface area contributed by atoms with E-state index in [1.165, 1.54) is 0 Å². The van der Waals surface area contributed by atoms with Crippen molar-refractivity contribution in [2.24, 2.45) is 0 Å². The lowest BCUT2D eigenvalue weighted by atomic mass is 10.2. The minimum absolute atomic E-state index is 0.731. The van der Waals surface area contributed by atoms with Crippen LogP contribution in [0.3, 0.4) is 0 Å². The van der Waals surface area contributed by atoms with Crippen LogP contribution in [0.2, 0.25) is 0 Å². The van der Waals surface area contributed by atoms with Crippen LogP contribution in [-0.2, 0) is 13.0 Å². The molecule has 0 aromatic carbocycles. The van der Waals surface area contributed by atoms with Gasteiger partial charge in [-0.25, -0.2) is 9.97 Å². The number of aryl methyl sites for hydroxylation is 1. The molecule has 1 N–H and O–H groups in total. The molecule has 0 saturated heterocycles. The third-order valence-corrected chi connectivity index (χ3v) is 2.59. The highest BCUT2D eigenvalue weighted by atomic mass is 14.9. The Hall–Kier alpha value is -1.81. The fourth-order valence-electron chi connectivity index (χ4n) is 1.81. The minimum atomic E-state index is 0.731. The van der Waals surface area contributed by atoms with E-state index in [1.807, 2.05) is 31.3 Å². The van der Waals surface area contributed by atoms with Crippen molar-refractivity contribution >= 4 is 0 Å². The number of rotatable bonds is 5. The number of nitrogens with zero attached hydrogens (tertiary/aromatic N) is 3. The van der Waals surface area contributed by atoms with E-state index >= 15 is 0 Å². The molecule has 0 fully saturated rings. The summed E-state index contributed by atoms with van der Waals surface area (Å²) in [4.78, 5) is 13.1. The number of nitrogens with one attached hydrogen (secondary N) is 1. The second-order valence-corrected chi connectivity index (χ2v) is 4.24. The van der Waals surface area contributed by atoms with Crippen LogP contribution < -0.4 is 5.32 Å². The van der Waals surface area contributed by atoms with E-state index in [-0.39, 0.29) is 0 Å². The maximum Gasteiger partial charge on any atom is 0.133 e. The molecular weight excluding hydrogens is 224 g/mol. The predicted molar refractivity (Wildman–Crippen MR) is 71.2 cm³/mol. The van der Waals surface area contributed by atoms with Crippen LogP contribution in [0.1, 0.15) is 29.7 Å². The standard InChI is InChI=1S/C14H18N4/c1-3-15-10-13-7-11(2)17-14(18-13)8-12-5-4-6-16-9-12/h4-7,9,15H,3,8,10H2,1-2H3. The van der Waals surface area contributed by atoms with Crippen LogP contribution in [0.5, 0.6) is 0 Å². The van der Waals surface area contributed by atoms with Gasteiger partial charge in [-0.1, -0.05) is 13.0 Å². The molecule has 2 aromatic heterocycles. The number of hydrogen-bond acceptors (Lipinski definition) is 4. The molecule has 0 saturated carbocycles. The summed E-state index contributed by atoms with van der Waals surface area (Å²) in [6.07, 6.45) is 4.36. The topological polar surface area (TPSA) is 50.7 Å². The van der Waals surface area contributed by atoms with E-state index in [4.69, 9.17) is 0 Å². The Morgan fingerprint density at radius 1 is 1.28 bits per heavy atom. The third kappa shape index (κ3) is 3.60. The highest BCUT2D eigenvalue weighted by molar-refractivity contribution is 5.17. The summed E-state index contributed by atoms with van der Waals surface area (Å²) in [6, 6.07) is 6.00. The number of aromatic nitrogens is 3. The molecule has 0 atom stereocenters. The first kappa shape index (κ1) is 12.6. The van der Waals surface area contributed by atoms with Gasteiger partial charge in [0.15, 0.2) is 0 Å². The summed E-state index contributed by atoms with van der Waals surface area (Å²) in [5, 5.41) is 3.28. The maximum atomic E-state index is 4.56. The van der Waals surface area contributed by atoms with E-state index in [1.54, 1.807) is 6.20 Å². The van der Waals surface area contributed by atoms with Crippen molar-refractivity contribution in [3.05, 3.63) is 53.4 Å². The van der Waals surface area contributed by atoms with Gasteiger partial charge in [0.05, 0.1) is 5.69 Å². The zero-order valence-corrected chi connectivity index (χ0v) is 10.8. The van der Waals surface area contributed by atoms with Gasteiger partial charge in [0, 0.05) is 31.1 Å². The van der Waals surface area contributed by atoms with Crippen LogP contribution in [0, 0.1) is 6.92 Å². The van der Waals surface area contributed by atoms with Crippen LogP contribution >= 0.6 is 0 Å². The Morgan fingerprint density at radius 2 is 2.17 bits per heavy atom. The molecule has 2 aromatic rings. The molecule has 18 heavy (non-hydrogen) atoms. The molecule has 0 amide bonds. The molecule has 0 unspecified atom stereocenters. The molecule has 0 spiro atoms. The molecule has 94 valence electrons. The Balaban J connectivity index is 2.15. The average Bonchev–Trinajstić information content (AvgIpc) is 2.37. The van der Waals surface area contributed by atoms with Gasteiger partial charge in [0.2, 0.25) is 0 Å². The minimum Gasteiger partial charge on any atom is -0.311 e. The summed E-state index contributed by atoms with van der Waals surface area (Å²) < 4.78 is 0. The molecule has 0 radical (unpaired) electrons. The third-order valence-electron chi connectivity index (χ3n) is 2.59. The largest absolute Gasteiger partial charge is 0.311 e. The molecule has 4 nitrogen and oxygen atoms in total. The van der Waals surface area contributed by atoms with E-state index in [9.17, 15) is 0 Å². The number of pyridine rings is 1. The van der Waals surface area contributed by atoms with Gasteiger partial charge < -0.3 is 5.32 Å². The van der Waals surface area contributed by atoms with Crippen molar-refractivity contribution in [3.63, 3.8) is 0 Å². The van der Waals surface area contributed by atoms with Crippen molar-refractivity contribution in [2.45, 2.75) is 26.8 Å². The maximum absolute atomic E-state index is 4.56. The zero-order valence-electron chi connectivity index (χ0n) is 10.8. The Kier molecular flexibility index (Phi) is 4.36. The molecule has 0 aliphatic rings. The van der Waals surface area contributed by atoms with Gasteiger partial charge in [-0.05, 0) is 31.2 Å². The van der Waals surface area contributed by atoms with Crippen molar-refractivity contribution < 1.29 is 0 Å². The smallest absolute Gasteiger partial charge is 0.133 e. The Bertz CT molecular complexity index is 496.